The van der Waals surface area contributed by atoms with Crippen molar-refractivity contribution < 1.29 is 4.79 Å². The Balaban J connectivity index is 2.26. The molecule has 5 heteroatoms. The molecule has 1 aromatic rings. The zero-order valence-corrected chi connectivity index (χ0v) is 14.6. The van der Waals surface area contributed by atoms with Crippen LogP contribution in [0, 0.1) is 12.8 Å². The monoisotopic (exact) mass is 304 g/mol. The van der Waals surface area contributed by atoms with Crippen molar-refractivity contribution in [3.8, 4) is 0 Å². The highest BCUT2D eigenvalue weighted by Crippen LogP contribution is 2.26. The van der Waals surface area contributed by atoms with Crippen LogP contribution < -0.4 is 0 Å². The van der Waals surface area contributed by atoms with Gasteiger partial charge in [-0.2, -0.15) is 0 Å². The minimum atomic E-state index is 0.0755. The number of hydrogen-bond donors (Lipinski definition) is 0. The quantitative estimate of drug-likeness (QED) is 0.856. The van der Waals surface area contributed by atoms with E-state index in [9.17, 15) is 4.79 Å². The molecule has 0 saturated carbocycles. The number of likely N-dealkylation sites (tertiary alicyclic amines) is 1. The van der Waals surface area contributed by atoms with E-state index in [4.69, 9.17) is 0 Å². The lowest BCUT2D eigenvalue weighted by atomic mass is 10.0. The Morgan fingerprint density at radius 3 is 2.59 bits per heavy atom. The van der Waals surface area contributed by atoms with Gasteiger partial charge in [0.25, 0.3) is 5.91 Å². The molecule has 0 radical (unpaired) electrons. The summed E-state index contributed by atoms with van der Waals surface area (Å²) >= 11 is 0. The molecule has 0 bridgehead atoms. The first-order chi connectivity index (χ1) is 10.3. The number of aromatic nitrogens is 2. The van der Waals surface area contributed by atoms with Crippen LogP contribution in [0.5, 0.6) is 0 Å². The first-order valence-electron chi connectivity index (χ1n) is 8.14. The third kappa shape index (κ3) is 3.29. The number of rotatable bonds is 4. The predicted octanol–water partition coefficient (Wildman–Crippen LogP) is 2.32. The number of carbonyl (C=O) groups is 1. The molecular formula is C17H28N4O. The van der Waals surface area contributed by atoms with Crippen molar-refractivity contribution in [3.05, 3.63) is 23.3 Å². The highest BCUT2D eigenvalue weighted by atomic mass is 16.2. The van der Waals surface area contributed by atoms with Gasteiger partial charge in [0.2, 0.25) is 0 Å². The zero-order chi connectivity index (χ0) is 16.4. The Morgan fingerprint density at radius 1 is 1.41 bits per heavy atom. The number of nitrogens with zero attached hydrogens (tertiary/aromatic N) is 4. The summed E-state index contributed by atoms with van der Waals surface area (Å²) in [6, 6.07) is 0.433. The molecule has 0 aliphatic carbocycles. The molecular weight excluding hydrogens is 276 g/mol. The van der Waals surface area contributed by atoms with E-state index in [-0.39, 0.29) is 11.8 Å². The van der Waals surface area contributed by atoms with Gasteiger partial charge in [-0.15, -0.1) is 0 Å². The normalized spacial score (nSPS) is 21.9. The highest BCUT2D eigenvalue weighted by molar-refractivity contribution is 5.95. The summed E-state index contributed by atoms with van der Waals surface area (Å²) in [5.41, 5.74) is 1.52. The molecule has 1 aliphatic rings. The maximum atomic E-state index is 12.9. The smallest absolute Gasteiger partial charge is 0.257 e. The second kappa shape index (κ2) is 6.73. The van der Waals surface area contributed by atoms with Crippen LogP contribution >= 0.6 is 0 Å². The molecule has 1 aromatic heterocycles. The van der Waals surface area contributed by atoms with Gasteiger partial charge < -0.3 is 9.80 Å². The summed E-state index contributed by atoms with van der Waals surface area (Å²) in [4.78, 5) is 25.9. The van der Waals surface area contributed by atoms with Crippen LogP contribution in [0.15, 0.2) is 6.20 Å². The molecule has 1 fully saturated rings. The fraction of sp³-hybridized carbons (Fsp3) is 0.706. The number of aryl methyl sites for hydroxylation is 1. The molecule has 122 valence electrons. The summed E-state index contributed by atoms with van der Waals surface area (Å²) in [6.07, 6.45) is 2.79. The molecule has 1 saturated heterocycles. The zero-order valence-electron chi connectivity index (χ0n) is 14.6. The van der Waals surface area contributed by atoms with Crippen LogP contribution in [0.1, 0.15) is 55.0 Å². The van der Waals surface area contributed by atoms with Crippen molar-refractivity contribution in [3.63, 3.8) is 0 Å². The molecule has 2 rings (SSSR count). The van der Waals surface area contributed by atoms with Gasteiger partial charge >= 0.3 is 0 Å². The van der Waals surface area contributed by atoms with E-state index < -0.39 is 0 Å². The average Bonchev–Trinajstić information content (AvgIpc) is 2.90. The first kappa shape index (κ1) is 16.9. The third-order valence-electron chi connectivity index (χ3n) is 4.60. The third-order valence-corrected chi connectivity index (χ3v) is 4.60. The minimum absolute atomic E-state index is 0.0755. The van der Waals surface area contributed by atoms with Crippen LogP contribution in [-0.4, -0.2) is 58.9 Å². The van der Waals surface area contributed by atoms with Gasteiger partial charge in [0.15, 0.2) is 0 Å². The van der Waals surface area contributed by atoms with Crippen molar-refractivity contribution in [2.45, 2.75) is 46.1 Å². The lowest BCUT2D eigenvalue weighted by Crippen LogP contribution is -2.36. The number of amides is 1. The average molecular weight is 304 g/mol. The van der Waals surface area contributed by atoms with Crippen molar-refractivity contribution in [2.75, 3.05) is 27.2 Å². The molecule has 5 nitrogen and oxygen atoms in total. The Morgan fingerprint density at radius 2 is 2.09 bits per heavy atom. The predicted molar refractivity (Wildman–Crippen MR) is 88.0 cm³/mol. The van der Waals surface area contributed by atoms with E-state index in [0.29, 0.717) is 17.5 Å². The Hall–Kier alpha value is -1.49. The van der Waals surface area contributed by atoms with Crippen LogP contribution in [-0.2, 0) is 0 Å². The Kier molecular flexibility index (Phi) is 5.16. The highest BCUT2D eigenvalue weighted by Gasteiger charge is 2.36. The fourth-order valence-corrected chi connectivity index (χ4v) is 3.27. The maximum absolute atomic E-state index is 12.9. The second-order valence-corrected chi connectivity index (χ2v) is 6.78. The molecule has 1 amide bonds. The van der Waals surface area contributed by atoms with Gasteiger partial charge in [0, 0.05) is 25.3 Å². The summed E-state index contributed by atoms with van der Waals surface area (Å²) in [6.45, 7) is 9.81. The van der Waals surface area contributed by atoms with Gasteiger partial charge in [0.1, 0.15) is 5.82 Å². The van der Waals surface area contributed by atoms with E-state index in [1.807, 2.05) is 11.8 Å². The van der Waals surface area contributed by atoms with Crippen molar-refractivity contribution in [2.24, 2.45) is 5.92 Å². The van der Waals surface area contributed by atoms with E-state index in [1.165, 1.54) is 0 Å². The van der Waals surface area contributed by atoms with Crippen molar-refractivity contribution in [1.82, 2.24) is 19.8 Å². The minimum Gasteiger partial charge on any atom is -0.337 e. The SMILES string of the molecule is CC[C@H]1CN(C(=O)c2cnc(C)nc2C(C)C)C[C@@H]1N(C)C. The van der Waals surface area contributed by atoms with Gasteiger partial charge in [-0.05, 0) is 32.9 Å². The van der Waals surface area contributed by atoms with Gasteiger partial charge in [0.05, 0.1) is 11.3 Å². The lowest BCUT2D eigenvalue weighted by Gasteiger charge is -2.24. The van der Waals surface area contributed by atoms with Crippen molar-refractivity contribution in [1.29, 1.82) is 0 Å². The van der Waals surface area contributed by atoms with E-state index in [1.54, 1.807) is 6.20 Å². The Labute approximate surface area is 133 Å². The van der Waals surface area contributed by atoms with E-state index in [0.717, 1.165) is 31.0 Å². The number of carbonyl (C=O) groups excluding carboxylic acids is 1. The molecule has 0 unspecified atom stereocenters. The van der Waals surface area contributed by atoms with Gasteiger partial charge in [-0.25, -0.2) is 9.97 Å². The van der Waals surface area contributed by atoms with Crippen LogP contribution in [0.25, 0.3) is 0 Å². The molecule has 0 spiro atoms. The summed E-state index contributed by atoms with van der Waals surface area (Å²) < 4.78 is 0. The Bertz CT molecular complexity index is 541. The van der Waals surface area contributed by atoms with Crippen LogP contribution in [0.2, 0.25) is 0 Å². The molecule has 0 aromatic carbocycles. The van der Waals surface area contributed by atoms with Crippen LogP contribution in [0.3, 0.4) is 0 Å². The van der Waals surface area contributed by atoms with Crippen molar-refractivity contribution >= 4 is 5.91 Å². The lowest BCUT2D eigenvalue weighted by molar-refractivity contribution is 0.0778. The molecule has 2 atom stereocenters. The fourth-order valence-electron chi connectivity index (χ4n) is 3.27. The van der Waals surface area contributed by atoms with E-state index >= 15 is 0 Å². The number of likely N-dealkylation sites (N-methyl/N-ethyl adjacent to an activating group) is 1. The molecule has 22 heavy (non-hydrogen) atoms. The van der Waals surface area contributed by atoms with Gasteiger partial charge in [-0.1, -0.05) is 27.2 Å². The molecule has 2 heterocycles. The molecule has 0 N–H and O–H groups in total. The topological polar surface area (TPSA) is 49.3 Å². The summed E-state index contributed by atoms with van der Waals surface area (Å²) in [7, 11) is 4.19. The first-order valence-corrected chi connectivity index (χ1v) is 8.14. The summed E-state index contributed by atoms with van der Waals surface area (Å²) in [5.74, 6) is 1.55. The van der Waals surface area contributed by atoms with Crippen LogP contribution in [0.4, 0.5) is 0 Å². The summed E-state index contributed by atoms with van der Waals surface area (Å²) in [5, 5.41) is 0. The largest absolute Gasteiger partial charge is 0.337 e. The van der Waals surface area contributed by atoms with Gasteiger partial charge in [-0.3, -0.25) is 4.79 Å². The number of hydrogen-bond acceptors (Lipinski definition) is 4. The standard InChI is InChI=1S/C17H28N4O/c1-7-13-9-21(10-15(13)20(5)6)17(22)14-8-18-12(4)19-16(14)11(2)3/h8,11,13,15H,7,9-10H2,1-6H3/t13-,15-/m0/s1. The van der Waals surface area contributed by atoms with E-state index in [2.05, 4.69) is 49.7 Å². The molecule has 1 aliphatic heterocycles. The maximum Gasteiger partial charge on any atom is 0.257 e. The second-order valence-electron chi connectivity index (χ2n) is 6.78.